The maximum absolute atomic E-state index is 14.0. The number of methoxy groups -OCH3 is 1. The lowest BCUT2D eigenvalue weighted by atomic mass is 9.83. The van der Waals surface area contributed by atoms with Crippen LogP contribution in [0.5, 0.6) is 5.75 Å². The molecule has 6 rings (SSSR count). The van der Waals surface area contributed by atoms with Crippen molar-refractivity contribution in [2.45, 2.75) is 38.0 Å². The molecule has 0 spiro atoms. The Morgan fingerprint density at radius 3 is 2.55 bits per heavy atom. The van der Waals surface area contributed by atoms with Gasteiger partial charge in [-0.3, -0.25) is 18.8 Å². The van der Waals surface area contributed by atoms with Crippen molar-refractivity contribution in [3.05, 3.63) is 148 Å². The number of pyridine rings is 1. The molecule has 47 heavy (non-hydrogen) atoms. The smallest absolute Gasteiger partial charge is 0.297 e. The SMILES string of the molecule is COc1cccn(-c2cccc(CN3C(=O)[C@](O)([C@H](C)/C=C/CCn4cc(C(CO)c5ccccc5)nn4)c4ccccc43)c2)c1=O. The van der Waals surface area contributed by atoms with Crippen LogP contribution in [0.4, 0.5) is 5.69 Å². The van der Waals surface area contributed by atoms with Crippen molar-refractivity contribution in [2.75, 3.05) is 18.6 Å². The molecular formula is C37H37N5O5. The number of hydrogen-bond donors (Lipinski definition) is 2. The number of aromatic nitrogens is 4. The topological polar surface area (TPSA) is 123 Å². The third-order valence-electron chi connectivity index (χ3n) is 8.74. The number of benzene rings is 3. The van der Waals surface area contributed by atoms with Crippen LogP contribution in [0.3, 0.4) is 0 Å². The molecule has 10 heteroatoms. The number of para-hydroxylation sites is 1. The van der Waals surface area contributed by atoms with E-state index in [0.717, 1.165) is 11.1 Å². The van der Waals surface area contributed by atoms with Crippen molar-refractivity contribution in [3.63, 3.8) is 0 Å². The second-order valence-corrected chi connectivity index (χ2v) is 11.7. The van der Waals surface area contributed by atoms with Crippen LogP contribution < -0.4 is 15.2 Å². The van der Waals surface area contributed by atoms with Crippen molar-refractivity contribution < 1.29 is 19.7 Å². The lowest BCUT2D eigenvalue weighted by molar-refractivity contribution is -0.139. The lowest BCUT2D eigenvalue weighted by Crippen LogP contribution is -2.44. The highest BCUT2D eigenvalue weighted by Crippen LogP contribution is 2.45. The van der Waals surface area contributed by atoms with Gasteiger partial charge in [0.1, 0.15) is 0 Å². The molecule has 3 heterocycles. The van der Waals surface area contributed by atoms with Gasteiger partial charge in [-0.05, 0) is 47.9 Å². The summed E-state index contributed by atoms with van der Waals surface area (Å²) in [4.78, 5) is 28.5. The molecule has 1 aliphatic rings. The third kappa shape index (κ3) is 6.13. The number of aliphatic hydroxyl groups is 2. The standard InChI is InChI=1S/C37H37N5O5/c1-26(12-8-9-20-40-24-32(38-39-40)30(25-43)28-14-4-3-5-15-28)37(46)31-17-6-7-18-33(31)42(36(37)45)23-27-13-10-16-29(22-27)41-21-11-19-34(47-2)35(41)44/h3-8,10-19,21-22,24,26,30,43,46H,9,20,23,25H2,1-2H3/b12-8+/t26-,30?,37+/m1/s1. The van der Waals surface area contributed by atoms with E-state index in [0.29, 0.717) is 35.6 Å². The maximum atomic E-state index is 14.0. The normalized spacial score (nSPS) is 17.2. The number of fused-ring (bicyclic) bond motifs is 1. The summed E-state index contributed by atoms with van der Waals surface area (Å²) in [6, 6.07) is 27.8. The van der Waals surface area contributed by atoms with Gasteiger partial charge < -0.3 is 19.8 Å². The van der Waals surface area contributed by atoms with Gasteiger partial charge in [-0.25, -0.2) is 0 Å². The van der Waals surface area contributed by atoms with Gasteiger partial charge in [0.2, 0.25) is 0 Å². The number of aliphatic hydroxyl groups excluding tert-OH is 1. The second kappa shape index (κ2) is 13.6. The van der Waals surface area contributed by atoms with Crippen molar-refractivity contribution in [3.8, 4) is 11.4 Å². The Labute approximate surface area is 272 Å². The first-order chi connectivity index (χ1) is 22.8. The molecule has 0 aliphatic carbocycles. The second-order valence-electron chi connectivity index (χ2n) is 11.7. The van der Waals surface area contributed by atoms with Gasteiger partial charge in [0.15, 0.2) is 11.4 Å². The summed E-state index contributed by atoms with van der Waals surface area (Å²) in [6.45, 7) is 2.53. The van der Waals surface area contributed by atoms with Crippen molar-refractivity contribution in [1.82, 2.24) is 19.6 Å². The molecule has 3 aromatic carbocycles. The number of allylic oxidation sites excluding steroid dienone is 1. The van der Waals surface area contributed by atoms with Gasteiger partial charge in [0.05, 0.1) is 37.6 Å². The Kier molecular flexibility index (Phi) is 9.15. The molecule has 0 bridgehead atoms. The van der Waals surface area contributed by atoms with Crippen LogP contribution in [-0.2, 0) is 23.5 Å². The molecule has 2 aromatic heterocycles. The van der Waals surface area contributed by atoms with E-state index in [4.69, 9.17) is 4.74 Å². The van der Waals surface area contributed by atoms with E-state index in [2.05, 4.69) is 10.3 Å². The predicted octanol–water partition coefficient (Wildman–Crippen LogP) is 4.58. The molecule has 3 atom stereocenters. The first-order valence-corrected chi connectivity index (χ1v) is 15.6. The van der Waals surface area contributed by atoms with E-state index in [1.54, 1.807) is 34.0 Å². The van der Waals surface area contributed by atoms with Gasteiger partial charge in [0.25, 0.3) is 11.5 Å². The zero-order valence-electron chi connectivity index (χ0n) is 26.3. The number of carbonyl (C=O) groups excluding carboxylic acids is 1. The summed E-state index contributed by atoms with van der Waals surface area (Å²) in [5.41, 5.74) is 2.28. The van der Waals surface area contributed by atoms with Crippen LogP contribution in [0.2, 0.25) is 0 Å². The number of hydrogen-bond acceptors (Lipinski definition) is 7. The number of rotatable bonds is 12. The molecule has 0 radical (unpaired) electrons. The third-order valence-corrected chi connectivity index (χ3v) is 8.74. The first kappa shape index (κ1) is 31.7. The van der Waals surface area contributed by atoms with Gasteiger partial charge in [-0.1, -0.05) is 85.0 Å². The Morgan fingerprint density at radius 2 is 1.77 bits per heavy atom. The molecule has 10 nitrogen and oxygen atoms in total. The molecule has 5 aromatic rings. The molecule has 0 saturated heterocycles. The lowest BCUT2D eigenvalue weighted by Gasteiger charge is -2.27. The molecule has 1 unspecified atom stereocenters. The number of ether oxygens (including phenoxy) is 1. The predicted molar refractivity (Wildman–Crippen MR) is 178 cm³/mol. The number of anilines is 1. The number of amides is 1. The van der Waals surface area contributed by atoms with Gasteiger partial charge in [-0.15, -0.1) is 5.10 Å². The number of carbonyl (C=O) groups is 1. The quantitative estimate of drug-likeness (QED) is 0.193. The first-order valence-electron chi connectivity index (χ1n) is 15.6. The van der Waals surface area contributed by atoms with Crippen molar-refractivity contribution >= 4 is 11.6 Å². The Bertz CT molecular complexity index is 1950. The summed E-state index contributed by atoms with van der Waals surface area (Å²) < 4.78 is 8.43. The van der Waals surface area contributed by atoms with Crippen LogP contribution in [0.25, 0.3) is 5.69 Å². The summed E-state index contributed by atoms with van der Waals surface area (Å²) in [5, 5.41) is 30.5. The average molecular weight is 632 g/mol. The fraction of sp³-hybridized carbons (Fsp3) is 0.243. The van der Waals surface area contributed by atoms with Crippen LogP contribution in [0.1, 0.15) is 41.6 Å². The van der Waals surface area contributed by atoms with E-state index in [1.807, 2.05) is 98.1 Å². The molecule has 2 N–H and O–H groups in total. The molecular weight excluding hydrogens is 594 g/mol. The van der Waals surface area contributed by atoms with Crippen LogP contribution in [-0.4, -0.2) is 49.4 Å². The summed E-state index contributed by atoms with van der Waals surface area (Å²) in [5.74, 6) is -0.945. The zero-order valence-corrected chi connectivity index (χ0v) is 26.3. The highest BCUT2D eigenvalue weighted by atomic mass is 16.5. The average Bonchev–Trinajstić information content (AvgIpc) is 3.65. The zero-order chi connectivity index (χ0) is 33.0. The minimum atomic E-state index is -1.75. The number of aryl methyl sites for hydroxylation is 1. The molecule has 1 amide bonds. The monoisotopic (exact) mass is 631 g/mol. The maximum Gasteiger partial charge on any atom is 0.297 e. The van der Waals surface area contributed by atoms with E-state index in [-0.39, 0.29) is 30.4 Å². The van der Waals surface area contributed by atoms with Gasteiger partial charge in [-0.2, -0.15) is 0 Å². The minimum absolute atomic E-state index is 0.0705. The van der Waals surface area contributed by atoms with Gasteiger partial charge in [0, 0.05) is 36.1 Å². The van der Waals surface area contributed by atoms with E-state index in [9.17, 15) is 19.8 Å². The number of nitrogens with zero attached hydrogens (tertiary/aromatic N) is 5. The van der Waals surface area contributed by atoms with Crippen LogP contribution >= 0.6 is 0 Å². The molecule has 0 fully saturated rings. The minimum Gasteiger partial charge on any atom is -0.491 e. The molecule has 240 valence electrons. The highest BCUT2D eigenvalue weighted by Gasteiger charge is 2.52. The van der Waals surface area contributed by atoms with E-state index >= 15 is 0 Å². The summed E-state index contributed by atoms with van der Waals surface area (Å²) in [6.07, 6.45) is 7.93. The van der Waals surface area contributed by atoms with E-state index in [1.165, 1.54) is 11.7 Å². The van der Waals surface area contributed by atoms with Crippen LogP contribution in [0.15, 0.2) is 120 Å². The summed E-state index contributed by atoms with van der Waals surface area (Å²) in [7, 11) is 1.46. The fourth-order valence-corrected chi connectivity index (χ4v) is 6.16. The van der Waals surface area contributed by atoms with Crippen molar-refractivity contribution in [1.29, 1.82) is 0 Å². The Hall–Kier alpha value is -5.32. The Balaban J connectivity index is 1.16. The fourth-order valence-electron chi connectivity index (χ4n) is 6.16. The Morgan fingerprint density at radius 1 is 0.979 bits per heavy atom. The van der Waals surface area contributed by atoms with Crippen molar-refractivity contribution in [2.24, 2.45) is 5.92 Å². The van der Waals surface area contributed by atoms with Gasteiger partial charge >= 0.3 is 0 Å². The van der Waals surface area contributed by atoms with E-state index < -0.39 is 17.4 Å². The largest absolute Gasteiger partial charge is 0.491 e. The highest BCUT2D eigenvalue weighted by molar-refractivity contribution is 6.07. The van der Waals surface area contributed by atoms with Crippen LogP contribution in [0, 0.1) is 5.92 Å². The molecule has 1 aliphatic heterocycles. The molecule has 0 saturated carbocycles. The summed E-state index contributed by atoms with van der Waals surface area (Å²) >= 11 is 0.